The highest BCUT2D eigenvalue weighted by atomic mass is 35.5. The second-order valence-corrected chi connectivity index (χ2v) is 11.4. The van der Waals surface area contributed by atoms with Gasteiger partial charge in [-0.05, 0) is 61.9 Å². The van der Waals surface area contributed by atoms with E-state index in [0.29, 0.717) is 5.69 Å². The highest BCUT2D eigenvalue weighted by molar-refractivity contribution is 7.92. The minimum atomic E-state index is -4.05. The molecule has 2 bridgehead atoms. The highest BCUT2D eigenvalue weighted by Crippen LogP contribution is 2.52. The van der Waals surface area contributed by atoms with Gasteiger partial charge in [-0.25, -0.2) is 8.42 Å². The van der Waals surface area contributed by atoms with E-state index in [0.717, 1.165) is 22.4 Å². The van der Waals surface area contributed by atoms with Crippen molar-refractivity contribution >= 4 is 50.7 Å². The smallest absolute Gasteiger partial charge is 0.263 e. The minimum absolute atomic E-state index is 0.0130. The molecule has 2 aromatic rings. The minimum Gasteiger partial charge on any atom is -0.324 e. The molecule has 4 atom stereocenters. The number of allylic oxidation sites excluding steroid dienone is 2. The number of imide groups is 1. The molecule has 1 saturated carbocycles. The molecule has 2 N–H and O–H groups in total. The molecule has 2 aliphatic carbocycles. The van der Waals surface area contributed by atoms with Gasteiger partial charge in [0.05, 0.1) is 22.5 Å². The van der Waals surface area contributed by atoms with Crippen molar-refractivity contribution in [3.05, 3.63) is 64.7 Å². The Morgan fingerprint density at radius 2 is 1.69 bits per heavy atom. The third-order valence-corrected chi connectivity index (χ3v) is 8.84. The number of benzene rings is 2. The van der Waals surface area contributed by atoms with Crippen LogP contribution in [0.15, 0.2) is 53.4 Å². The molecule has 0 spiro atoms. The summed E-state index contributed by atoms with van der Waals surface area (Å²) in [7, 11) is -4.05. The summed E-state index contributed by atoms with van der Waals surface area (Å²) in [6.45, 7) is 3.28. The van der Waals surface area contributed by atoms with Gasteiger partial charge in [-0.1, -0.05) is 41.4 Å². The molecular formula is C25H24ClN3O5S. The summed E-state index contributed by atoms with van der Waals surface area (Å²) in [5.41, 5.74) is 2.35. The van der Waals surface area contributed by atoms with E-state index in [4.69, 9.17) is 11.6 Å². The number of likely N-dealkylation sites (tertiary alicyclic amines) is 1. The van der Waals surface area contributed by atoms with Crippen molar-refractivity contribution in [2.75, 3.05) is 16.6 Å². The van der Waals surface area contributed by atoms with Crippen molar-refractivity contribution < 1.29 is 22.8 Å². The number of halogens is 1. The first-order chi connectivity index (χ1) is 16.5. The van der Waals surface area contributed by atoms with E-state index in [-0.39, 0.29) is 51.1 Å². The van der Waals surface area contributed by atoms with Crippen molar-refractivity contribution in [3.8, 4) is 0 Å². The van der Waals surface area contributed by atoms with Gasteiger partial charge in [0.25, 0.3) is 10.0 Å². The highest BCUT2D eigenvalue weighted by Gasteiger charge is 2.59. The summed E-state index contributed by atoms with van der Waals surface area (Å²) in [5, 5.41) is 2.57. The fraction of sp³-hybridized carbons (Fsp3) is 0.320. The maximum Gasteiger partial charge on any atom is 0.263 e. The number of fused-ring (bicyclic) bond motifs is 5. The van der Waals surface area contributed by atoms with Gasteiger partial charge in [0, 0.05) is 5.69 Å². The van der Waals surface area contributed by atoms with E-state index in [9.17, 15) is 22.8 Å². The number of amides is 3. The molecule has 8 nitrogen and oxygen atoms in total. The second kappa shape index (κ2) is 8.49. The zero-order valence-corrected chi connectivity index (χ0v) is 20.7. The maximum absolute atomic E-state index is 13.0. The molecule has 1 heterocycles. The van der Waals surface area contributed by atoms with Crippen LogP contribution < -0.4 is 10.0 Å². The summed E-state index contributed by atoms with van der Waals surface area (Å²) >= 11 is 6.18. The average Bonchev–Trinajstić information content (AvgIpc) is 3.47. The summed E-state index contributed by atoms with van der Waals surface area (Å²) in [5.74, 6) is -1.87. The quantitative estimate of drug-likeness (QED) is 0.453. The number of anilines is 2. The molecule has 2 fully saturated rings. The zero-order valence-electron chi connectivity index (χ0n) is 19.1. The molecule has 3 aliphatic rings. The number of nitrogens with one attached hydrogen (secondary N) is 2. The van der Waals surface area contributed by atoms with Crippen LogP contribution in [0.4, 0.5) is 11.4 Å². The van der Waals surface area contributed by atoms with Crippen molar-refractivity contribution in [1.82, 2.24) is 4.90 Å². The standard InChI is InChI=1S/C25H24ClN3O5S/c1-13-3-8-19(14(2)9-13)28-35(33,34)20-11-17(6-7-18(20)26)27-21(30)12-29-24(31)22-15-4-5-16(10-15)23(22)25(29)32/h3-9,11,15-16,22-23,28H,10,12H2,1-2H3,(H,27,30). The van der Waals surface area contributed by atoms with Gasteiger partial charge >= 0.3 is 0 Å². The lowest BCUT2D eigenvalue weighted by Gasteiger charge is -2.17. The fourth-order valence-corrected chi connectivity index (χ4v) is 7.04. The number of hydrogen-bond acceptors (Lipinski definition) is 5. The molecule has 0 aromatic heterocycles. The lowest BCUT2D eigenvalue weighted by Crippen LogP contribution is -2.39. The van der Waals surface area contributed by atoms with Crippen LogP contribution in [-0.4, -0.2) is 37.6 Å². The molecule has 1 aliphatic heterocycles. The molecule has 10 heteroatoms. The van der Waals surface area contributed by atoms with E-state index in [1.54, 1.807) is 19.1 Å². The number of carbonyl (C=O) groups is 3. The lowest BCUT2D eigenvalue weighted by molar-refractivity contribution is -0.143. The third kappa shape index (κ3) is 4.12. The van der Waals surface area contributed by atoms with Crippen LogP contribution in [0.2, 0.25) is 5.02 Å². The second-order valence-electron chi connectivity index (χ2n) is 9.38. The zero-order chi connectivity index (χ0) is 25.1. The Bertz CT molecular complexity index is 1370. The molecule has 2 aromatic carbocycles. The van der Waals surface area contributed by atoms with Crippen molar-refractivity contribution in [2.45, 2.75) is 25.2 Å². The number of aryl methyl sites for hydroxylation is 2. The first-order valence-corrected chi connectivity index (χ1v) is 13.1. The van der Waals surface area contributed by atoms with E-state index in [2.05, 4.69) is 10.0 Å². The number of nitrogens with zero attached hydrogens (tertiary/aromatic N) is 1. The SMILES string of the molecule is Cc1ccc(NS(=O)(=O)c2cc(NC(=O)CN3C(=O)C4C5C=CC(C5)C4C3=O)ccc2Cl)c(C)c1. The predicted octanol–water partition coefficient (Wildman–Crippen LogP) is 3.50. The number of carbonyl (C=O) groups excluding carboxylic acids is 3. The summed E-state index contributed by atoms with van der Waals surface area (Å²) in [6.07, 6.45) is 4.79. The van der Waals surface area contributed by atoms with Crippen molar-refractivity contribution in [1.29, 1.82) is 0 Å². The normalized spacial score (nSPS) is 24.7. The van der Waals surface area contributed by atoms with Crippen molar-refractivity contribution in [2.24, 2.45) is 23.7 Å². The van der Waals surface area contributed by atoms with Gasteiger partial charge in [-0.3, -0.25) is 24.0 Å². The van der Waals surface area contributed by atoms with Crippen LogP contribution >= 0.6 is 11.6 Å². The van der Waals surface area contributed by atoms with Crippen LogP contribution in [0.5, 0.6) is 0 Å². The van der Waals surface area contributed by atoms with Crippen LogP contribution in [0.3, 0.4) is 0 Å². The van der Waals surface area contributed by atoms with Gasteiger partial charge in [-0.15, -0.1) is 0 Å². The van der Waals surface area contributed by atoms with E-state index in [1.165, 1.54) is 18.2 Å². The third-order valence-electron chi connectivity index (χ3n) is 6.99. The lowest BCUT2D eigenvalue weighted by atomic mass is 9.85. The number of sulfonamides is 1. The van der Waals surface area contributed by atoms with Crippen LogP contribution in [-0.2, 0) is 24.4 Å². The summed E-state index contributed by atoms with van der Waals surface area (Å²) < 4.78 is 28.6. The Kier molecular flexibility index (Phi) is 5.72. The molecule has 4 unspecified atom stereocenters. The number of rotatable bonds is 6. The summed E-state index contributed by atoms with van der Waals surface area (Å²) in [4.78, 5) is 39.1. The Morgan fingerprint density at radius 3 is 2.31 bits per heavy atom. The topological polar surface area (TPSA) is 113 Å². The first-order valence-electron chi connectivity index (χ1n) is 11.3. The van der Waals surface area contributed by atoms with Gasteiger partial charge in [0.15, 0.2) is 0 Å². The Balaban J connectivity index is 1.30. The van der Waals surface area contributed by atoms with E-state index < -0.39 is 22.5 Å². The average molecular weight is 514 g/mol. The first kappa shape index (κ1) is 23.6. The monoisotopic (exact) mass is 513 g/mol. The van der Waals surface area contributed by atoms with Gasteiger partial charge in [0.2, 0.25) is 17.7 Å². The maximum atomic E-state index is 13.0. The predicted molar refractivity (Wildman–Crippen MR) is 131 cm³/mol. The number of hydrogen-bond donors (Lipinski definition) is 2. The molecule has 5 rings (SSSR count). The van der Waals surface area contributed by atoms with E-state index in [1.807, 2.05) is 25.1 Å². The fourth-order valence-electron chi connectivity index (χ4n) is 5.38. The molecule has 182 valence electrons. The molecular weight excluding hydrogens is 490 g/mol. The van der Waals surface area contributed by atoms with Crippen molar-refractivity contribution in [3.63, 3.8) is 0 Å². The Morgan fingerprint density at radius 1 is 1.03 bits per heavy atom. The largest absolute Gasteiger partial charge is 0.324 e. The van der Waals surface area contributed by atoms with Gasteiger partial charge in [0.1, 0.15) is 11.4 Å². The summed E-state index contributed by atoms with van der Waals surface area (Å²) in [6, 6.07) is 9.39. The molecule has 1 saturated heterocycles. The Labute approximate surface area is 208 Å². The molecule has 3 amide bonds. The van der Waals surface area contributed by atoms with Crippen LogP contribution in [0.1, 0.15) is 17.5 Å². The van der Waals surface area contributed by atoms with Gasteiger partial charge in [-0.2, -0.15) is 0 Å². The molecule has 35 heavy (non-hydrogen) atoms. The van der Waals surface area contributed by atoms with Crippen LogP contribution in [0.25, 0.3) is 0 Å². The molecule has 0 radical (unpaired) electrons. The Hall–Kier alpha value is -3.17. The van der Waals surface area contributed by atoms with E-state index >= 15 is 0 Å². The van der Waals surface area contributed by atoms with Crippen LogP contribution in [0, 0.1) is 37.5 Å². The van der Waals surface area contributed by atoms with Gasteiger partial charge < -0.3 is 5.32 Å².